The van der Waals surface area contributed by atoms with Crippen LogP contribution in [0.3, 0.4) is 0 Å². The lowest BCUT2D eigenvalue weighted by Gasteiger charge is -2.50. The van der Waals surface area contributed by atoms with Crippen molar-refractivity contribution in [1.29, 1.82) is 5.26 Å². The van der Waals surface area contributed by atoms with E-state index in [-0.39, 0.29) is 0 Å². The minimum atomic E-state index is -0.760. The Labute approximate surface area is 104 Å². The van der Waals surface area contributed by atoms with E-state index in [1.807, 2.05) is 0 Å². The zero-order chi connectivity index (χ0) is 12.6. The molecule has 0 bridgehead atoms. The van der Waals surface area contributed by atoms with Gasteiger partial charge in [-0.25, -0.2) is 0 Å². The van der Waals surface area contributed by atoms with Gasteiger partial charge in [-0.15, -0.1) is 0 Å². The van der Waals surface area contributed by atoms with Gasteiger partial charge in [0, 0.05) is 0 Å². The van der Waals surface area contributed by atoms with Gasteiger partial charge in [-0.1, -0.05) is 13.8 Å². The van der Waals surface area contributed by atoms with Crippen molar-refractivity contribution >= 4 is 0 Å². The summed E-state index contributed by atoms with van der Waals surface area (Å²) in [6.45, 7) is 6.20. The first-order valence-electron chi connectivity index (χ1n) is 6.78. The summed E-state index contributed by atoms with van der Waals surface area (Å²) in [5.74, 6) is 0. The van der Waals surface area contributed by atoms with E-state index in [4.69, 9.17) is 0 Å². The quantitative estimate of drug-likeness (QED) is 0.734. The van der Waals surface area contributed by atoms with Crippen LogP contribution in [-0.2, 0) is 0 Å². The Balaban J connectivity index is 2.18. The van der Waals surface area contributed by atoms with E-state index in [2.05, 4.69) is 25.2 Å². The molecule has 96 valence electrons. The van der Waals surface area contributed by atoms with Crippen molar-refractivity contribution < 1.29 is 5.11 Å². The maximum absolute atomic E-state index is 10.9. The average molecular weight is 236 g/mol. The Bertz CT molecular complexity index is 314. The summed E-state index contributed by atoms with van der Waals surface area (Å²) < 4.78 is 0. The Kier molecular flexibility index (Phi) is 3.22. The zero-order valence-corrected chi connectivity index (χ0v) is 11.1. The third-order valence-corrected chi connectivity index (χ3v) is 4.99. The molecule has 0 aromatic heterocycles. The Morgan fingerprint density at radius 1 is 1.00 bits per heavy atom. The number of hydrogen-bond donors (Lipinski definition) is 2. The van der Waals surface area contributed by atoms with Crippen LogP contribution in [0.2, 0.25) is 0 Å². The van der Waals surface area contributed by atoms with Gasteiger partial charge in [-0.2, -0.15) is 5.26 Å². The van der Waals surface area contributed by atoms with E-state index in [1.54, 1.807) is 0 Å². The molecule has 2 N–H and O–H groups in total. The van der Waals surface area contributed by atoms with E-state index in [0.717, 1.165) is 51.6 Å². The van der Waals surface area contributed by atoms with Crippen molar-refractivity contribution in [3.63, 3.8) is 0 Å². The molecule has 0 aromatic carbocycles. The van der Waals surface area contributed by atoms with Gasteiger partial charge in [0.15, 0.2) is 0 Å². The number of hydrogen-bond acceptors (Lipinski definition) is 3. The molecule has 2 aliphatic rings. The first-order chi connectivity index (χ1) is 7.93. The van der Waals surface area contributed by atoms with Gasteiger partial charge in [0.2, 0.25) is 0 Å². The van der Waals surface area contributed by atoms with Crippen LogP contribution in [0.1, 0.15) is 52.4 Å². The third-order valence-electron chi connectivity index (χ3n) is 4.99. The maximum Gasteiger partial charge on any atom is 0.0861 e. The molecule has 3 nitrogen and oxygen atoms in total. The van der Waals surface area contributed by atoms with Crippen LogP contribution in [-0.4, -0.2) is 23.8 Å². The highest BCUT2D eigenvalue weighted by atomic mass is 16.3. The highest BCUT2D eigenvalue weighted by molar-refractivity contribution is 5.14. The molecule has 0 aromatic rings. The molecule has 0 radical (unpaired) electrons. The summed E-state index contributed by atoms with van der Waals surface area (Å²) in [5, 5.41) is 23.7. The molecule has 2 fully saturated rings. The lowest BCUT2D eigenvalue weighted by Crippen LogP contribution is -2.55. The first-order valence-corrected chi connectivity index (χ1v) is 6.78. The second-order valence-electron chi connectivity index (χ2n) is 6.64. The fraction of sp³-hybridized carbons (Fsp3) is 0.929. The van der Waals surface area contributed by atoms with Gasteiger partial charge >= 0.3 is 0 Å². The zero-order valence-electron chi connectivity index (χ0n) is 11.1. The minimum Gasteiger partial charge on any atom is -0.388 e. The first kappa shape index (κ1) is 12.9. The number of nitrogens with one attached hydrogen (secondary N) is 1. The maximum atomic E-state index is 10.9. The standard InChI is InChI=1S/C14H24N2O/c1-12(2)3-5-13(11-15,6-4-12)14(17)7-9-16-10-8-14/h16-17H,3-10H2,1-2H3. The molecule has 1 saturated carbocycles. The summed E-state index contributed by atoms with van der Waals surface area (Å²) in [7, 11) is 0. The number of aliphatic hydroxyl groups is 1. The Hall–Kier alpha value is -0.590. The van der Waals surface area contributed by atoms with Gasteiger partial charge in [-0.05, 0) is 57.0 Å². The third kappa shape index (κ3) is 2.21. The summed E-state index contributed by atoms with van der Waals surface area (Å²) in [4.78, 5) is 0. The van der Waals surface area contributed by atoms with Gasteiger partial charge in [0.25, 0.3) is 0 Å². The number of nitrogens with zero attached hydrogens (tertiary/aromatic N) is 1. The van der Waals surface area contributed by atoms with Gasteiger partial charge in [0.05, 0.1) is 17.1 Å². The van der Waals surface area contributed by atoms with Crippen molar-refractivity contribution in [2.45, 2.75) is 58.0 Å². The van der Waals surface area contributed by atoms with Gasteiger partial charge < -0.3 is 10.4 Å². The van der Waals surface area contributed by atoms with E-state index in [9.17, 15) is 10.4 Å². The van der Waals surface area contributed by atoms with E-state index in [1.165, 1.54) is 0 Å². The molecular formula is C14H24N2O. The summed E-state index contributed by atoms with van der Waals surface area (Å²) in [6, 6.07) is 2.49. The van der Waals surface area contributed by atoms with Crippen LogP contribution in [0.15, 0.2) is 0 Å². The molecule has 17 heavy (non-hydrogen) atoms. The van der Waals surface area contributed by atoms with Crippen molar-refractivity contribution in [2.75, 3.05) is 13.1 Å². The minimum absolute atomic E-state index is 0.337. The second kappa shape index (κ2) is 4.26. The second-order valence-corrected chi connectivity index (χ2v) is 6.64. The normalized spacial score (nSPS) is 30.5. The molecule has 2 rings (SSSR count). The molecule has 0 atom stereocenters. The fourth-order valence-corrected chi connectivity index (χ4v) is 3.35. The molecule has 1 saturated heterocycles. The van der Waals surface area contributed by atoms with E-state index in [0.29, 0.717) is 5.41 Å². The molecule has 0 unspecified atom stereocenters. The molecule has 1 aliphatic carbocycles. The molecule has 3 heteroatoms. The highest BCUT2D eigenvalue weighted by Crippen LogP contribution is 2.52. The van der Waals surface area contributed by atoms with E-state index >= 15 is 0 Å². The van der Waals surface area contributed by atoms with Crippen molar-refractivity contribution in [2.24, 2.45) is 10.8 Å². The lowest BCUT2D eigenvalue weighted by atomic mass is 9.57. The Morgan fingerprint density at radius 2 is 1.53 bits per heavy atom. The van der Waals surface area contributed by atoms with Crippen molar-refractivity contribution in [1.82, 2.24) is 5.32 Å². The van der Waals surface area contributed by atoms with Crippen LogP contribution in [0.5, 0.6) is 0 Å². The summed E-state index contributed by atoms with van der Waals surface area (Å²) >= 11 is 0. The fourth-order valence-electron chi connectivity index (χ4n) is 3.35. The predicted molar refractivity (Wildman–Crippen MR) is 67.3 cm³/mol. The monoisotopic (exact) mass is 236 g/mol. The largest absolute Gasteiger partial charge is 0.388 e. The average Bonchev–Trinajstić information content (AvgIpc) is 2.30. The number of rotatable bonds is 1. The van der Waals surface area contributed by atoms with Crippen LogP contribution < -0.4 is 5.32 Å². The van der Waals surface area contributed by atoms with Crippen molar-refractivity contribution in [3.05, 3.63) is 0 Å². The molecule has 0 amide bonds. The number of piperidine rings is 1. The van der Waals surface area contributed by atoms with Crippen molar-refractivity contribution in [3.8, 4) is 6.07 Å². The van der Waals surface area contributed by atoms with Crippen LogP contribution in [0, 0.1) is 22.2 Å². The predicted octanol–water partition coefficient (Wildman–Crippen LogP) is 2.21. The van der Waals surface area contributed by atoms with E-state index < -0.39 is 11.0 Å². The van der Waals surface area contributed by atoms with Crippen LogP contribution >= 0.6 is 0 Å². The number of nitriles is 1. The highest BCUT2D eigenvalue weighted by Gasteiger charge is 2.53. The topological polar surface area (TPSA) is 56.0 Å². The van der Waals surface area contributed by atoms with Crippen LogP contribution in [0.4, 0.5) is 0 Å². The smallest absolute Gasteiger partial charge is 0.0861 e. The SMILES string of the molecule is CC1(C)CCC(C#N)(C2(O)CCNCC2)CC1. The van der Waals surface area contributed by atoms with Gasteiger partial charge in [0.1, 0.15) is 0 Å². The summed E-state index contributed by atoms with van der Waals surface area (Å²) in [6.07, 6.45) is 5.26. The summed E-state index contributed by atoms with van der Waals surface area (Å²) in [5.41, 5.74) is -0.919. The lowest BCUT2D eigenvalue weighted by molar-refractivity contribution is -0.103. The molecule has 1 heterocycles. The molecule has 0 spiro atoms. The molecule has 1 aliphatic heterocycles. The Morgan fingerprint density at radius 3 is 2.00 bits per heavy atom. The van der Waals surface area contributed by atoms with Crippen LogP contribution in [0.25, 0.3) is 0 Å². The van der Waals surface area contributed by atoms with Gasteiger partial charge in [-0.3, -0.25) is 0 Å². The molecular weight excluding hydrogens is 212 g/mol.